The highest BCUT2D eigenvalue weighted by atomic mass is 79.9. The first-order chi connectivity index (χ1) is 10.9. The average molecular weight is 420 g/mol. The monoisotopic (exact) mass is 418 g/mol. The Hall–Kier alpha value is -1.44. The number of hydrogen-bond acceptors (Lipinski definition) is 3. The Morgan fingerprint density at radius 1 is 1.33 bits per heavy atom. The van der Waals surface area contributed by atoms with Gasteiger partial charge in [-0.25, -0.2) is 9.07 Å². The van der Waals surface area contributed by atoms with Gasteiger partial charge in [0.2, 0.25) is 0 Å². The highest BCUT2D eigenvalue weighted by molar-refractivity contribution is 9.10. The van der Waals surface area contributed by atoms with Crippen molar-refractivity contribution >= 4 is 34.2 Å². The minimum atomic E-state index is -0.415. The van der Waals surface area contributed by atoms with Crippen molar-refractivity contribution in [3.63, 3.8) is 0 Å². The van der Waals surface area contributed by atoms with Crippen LogP contribution in [0.15, 0.2) is 34.9 Å². The van der Waals surface area contributed by atoms with Gasteiger partial charge in [-0.15, -0.1) is 12.4 Å². The average Bonchev–Trinajstić information content (AvgIpc) is 2.95. The highest BCUT2D eigenvalue weighted by Gasteiger charge is 2.23. The molecule has 1 heterocycles. The van der Waals surface area contributed by atoms with Crippen molar-refractivity contribution < 1.29 is 9.18 Å². The van der Waals surface area contributed by atoms with E-state index in [1.165, 1.54) is 16.8 Å². The molecule has 2 aromatic rings. The summed E-state index contributed by atoms with van der Waals surface area (Å²) in [5, 5.41) is 7.08. The molecule has 0 aliphatic heterocycles. The molecule has 0 aliphatic carbocycles. The second kappa shape index (κ2) is 8.60. The summed E-state index contributed by atoms with van der Waals surface area (Å²) in [6.07, 6.45) is 3.21. The van der Waals surface area contributed by atoms with Crippen LogP contribution in [0.3, 0.4) is 0 Å². The van der Waals surface area contributed by atoms with Crippen molar-refractivity contribution in [3.05, 3.63) is 46.4 Å². The summed E-state index contributed by atoms with van der Waals surface area (Å²) in [7, 11) is 0. The maximum atomic E-state index is 13.0. The number of nitrogens with zero attached hydrogens (tertiary/aromatic N) is 2. The van der Waals surface area contributed by atoms with Crippen molar-refractivity contribution in [2.75, 3.05) is 6.54 Å². The van der Waals surface area contributed by atoms with Gasteiger partial charge in [-0.1, -0.05) is 13.8 Å². The van der Waals surface area contributed by atoms with Crippen molar-refractivity contribution in [2.24, 2.45) is 5.73 Å². The van der Waals surface area contributed by atoms with Gasteiger partial charge in [-0.05, 0) is 53.0 Å². The highest BCUT2D eigenvalue weighted by Crippen LogP contribution is 2.19. The number of carbonyl (C=O) groups is 1. The zero-order chi connectivity index (χ0) is 17.0. The Balaban J connectivity index is 0.00000288. The minimum Gasteiger partial charge on any atom is -0.349 e. The van der Waals surface area contributed by atoms with Crippen molar-refractivity contribution in [3.8, 4) is 5.69 Å². The topological polar surface area (TPSA) is 72.9 Å². The Kier molecular flexibility index (Phi) is 7.38. The molecule has 0 bridgehead atoms. The number of nitrogens with one attached hydrogen (secondary N) is 1. The van der Waals surface area contributed by atoms with Gasteiger partial charge in [0.15, 0.2) is 5.69 Å². The molecule has 0 fully saturated rings. The number of carbonyl (C=O) groups excluding carboxylic acids is 1. The number of nitrogens with two attached hydrogens (primary N) is 1. The fourth-order valence-corrected chi connectivity index (χ4v) is 2.53. The van der Waals surface area contributed by atoms with E-state index in [9.17, 15) is 9.18 Å². The number of halogens is 3. The molecule has 3 N–H and O–H groups in total. The van der Waals surface area contributed by atoms with E-state index in [1.807, 2.05) is 13.8 Å². The third-order valence-electron chi connectivity index (χ3n) is 3.99. The van der Waals surface area contributed by atoms with E-state index in [2.05, 4.69) is 26.3 Å². The van der Waals surface area contributed by atoms with Gasteiger partial charge in [0, 0.05) is 18.3 Å². The van der Waals surface area contributed by atoms with Crippen LogP contribution in [-0.2, 0) is 0 Å². The van der Waals surface area contributed by atoms with E-state index in [-0.39, 0.29) is 29.8 Å². The summed E-state index contributed by atoms with van der Waals surface area (Å²) in [4.78, 5) is 12.3. The molecule has 1 aromatic heterocycles. The quantitative estimate of drug-likeness (QED) is 0.753. The van der Waals surface area contributed by atoms with Crippen LogP contribution in [0, 0.1) is 5.82 Å². The summed E-state index contributed by atoms with van der Waals surface area (Å²) in [5.74, 6) is -0.620. The molecule has 0 radical (unpaired) electrons. The van der Waals surface area contributed by atoms with Crippen LogP contribution in [0.25, 0.3) is 5.69 Å². The first-order valence-electron chi connectivity index (χ1n) is 7.46. The molecule has 0 unspecified atom stereocenters. The van der Waals surface area contributed by atoms with E-state index in [0.29, 0.717) is 16.7 Å². The largest absolute Gasteiger partial charge is 0.349 e. The molecule has 5 nitrogen and oxygen atoms in total. The van der Waals surface area contributed by atoms with E-state index in [1.54, 1.807) is 18.3 Å². The maximum absolute atomic E-state index is 13.0. The van der Waals surface area contributed by atoms with Crippen LogP contribution < -0.4 is 11.1 Å². The molecule has 0 saturated heterocycles. The van der Waals surface area contributed by atoms with Gasteiger partial charge in [0.25, 0.3) is 5.91 Å². The molecule has 24 heavy (non-hydrogen) atoms. The summed E-state index contributed by atoms with van der Waals surface area (Å²) >= 11 is 3.33. The van der Waals surface area contributed by atoms with Crippen molar-refractivity contribution in [2.45, 2.75) is 32.2 Å². The summed E-state index contributed by atoms with van der Waals surface area (Å²) in [6, 6.07) is 5.87. The van der Waals surface area contributed by atoms with Gasteiger partial charge in [0.05, 0.1) is 10.2 Å². The molecular formula is C16H21BrClFN4O. The molecule has 2 rings (SSSR count). The van der Waals surface area contributed by atoms with E-state index < -0.39 is 5.54 Å². The minimum absolute atomic E-state index is 0. The fourth-order valence-electron chi connectivity index (χ4n) is 2.07. The first kappa shape index (κ1) is 20.6. The van der Waals surface area contributed by atoms with Crippen LogP contribution in [0.1, 0.15) is 37.2 Å². The summed E-state index contributed by atoms with van der Waals surface area (Å²) in [5.41, 5.74) is 6.70. The zero-order valence-corrected chi connectivity index (χ0v) is 16.0. The zero-order valence-electron chi connectivity index (χ0n) is 13.6. The van der Waals surface area contributed by atoms with E-state index >= 15 is 0 Å². The van der Waals surface area contributed by atoms with Crippen LogP contribution in [-0.4, -0.2) is 27.8 Å². The number of amides is 1. The number of benzene rings is 1. The van der Waals surface area contributed by atoms with Crippen LogP contribution in [0.2, 0.25) is 0 Å². The molecule has 0 atom stereocenters. The van der Waals surface area contributed by atoms with Gasteiger partial charge in [-0.2, -0.15) is 5.10 Å². The molecule has 0 aliphatic rings. The van der Waals surface area contributed by atoms with Crippen molar-refractivity contribution in [1.29, 1.82) is 0 Å². The number of aromatic nitrogens is 2. The third-order valence-corrected chi connectivity index (χ3v) is 4.57. The normalized spacial score (nSPS) is 11.0. The fraction of sp³-hybridized carbons (Fsp3) is 0.375. The lowest BCUT2D eigenvalue weighted by Gasteiger charge is -2.26. The number of rotatable bonds is 6. The van der Waals surface area contributed by atoms with Crippen LogP contribution >= 0.6 is 28.3 Å². The van der Waals surface area contributed by atoms with Gasteiger partial charge in [-0.3, -0.25) is 4.79 Å². The lowest BCUT2D eigenvalue weighted by Crippen LogP contribution is -2.49. The first-order valence-corrected chi connectivity index (χ1v) is 8.26. The number of hydrogen-bond donors (Lipinski definition) is 2. The van der Waals surface area contributed by atoms with Crippen LogP contribution in [0.4, 0.5) is 4.39 Å². The Labute approximate surface area is 155 Å². The predicted octanol–water partition coefficient (Wildman–Crippen LogP) is 3.44. The second-order valence-corrected chi connectivity index (χ2v) is 6.35. The van der Waals surface area contributed by atoms with Crippen LogP contribution in [0.5, 0.6) is 0 Å². The Morgan fingerprint density at radius 3 is 2.46 bits per heavy atom. The van der Waals surface area contributed by atoms with E-state index in [4.69, 9.17) is 5.73 Å². The molecule has 0 spiro atoms. The van der Waals surface area contributed by atoms with Gasteiger partial charge >= 0.3 is 0 Å². The second-order valence-electron chi connectivity index (χ2n) is 5.50. The summed E-state index contributed by atoms with van der Waals surface area (Å²) < 4.78 is 15.1. The molecular weight excluding hydrogens is 399 g/mol. The molecule has 1 aromatic carbocycles. The molecule has 0 saturated carbocycles. The maximum Gasteiger partial charge on any atom is 0.273 e. The standard InChI is InChI=1S/C16H20BrFN4O.ClH/c1-3-16(19,4-2)10-20-15(23)14-13(17)9-22(21-14)12-7-5-11(18)6-8-12;/h5-9H,3-4,10,19H2,1-2H3,(H,20,23);1H. The third kappa shape index (κ3) is 4.78. The lowest BCUT2D eigenvalue weighted by molar-refractivity contribution is 0.0936. The molecule has 1 amide bonds. The predicted molar refractivity (Wildman–Crippen MR) is 98.3 cm³/mol. The summed E-state index contributed by atoms with van der Waals surface area (Å²) in [6.45, 7) is 4.37. The Bertz CT molecular complexity index is 686. The SMILES string of the molecule is CCC(N)(CC)CNC(=O)c1nn(-c2ccc(F)cc2)cc1Br.Cl. The lowest BCUT2D eigenvalue weighted by atomic mass is 9.94. The molecule has 132 valence electrons. The van der Waals surface area contributed by atoms with Crippen molar-refractivity contribution in [1.82, 2.24) is 15.1 Å². The molecule has 8 heteroatoms. The van der Waals surface area contributed by atoms with E-state index in [0.717, 1.165) is 12.8 Å². The smallest absolute Gasteiger partial charge is 0.273 e. The van der Waals surface area contributed by atoms with Gasteiger partial charge in [0.1, 0.15) is 5.82 Å². The van der Waals surface area contributed by atoms with Gasteiger partial charge < -0.3 is 11.1 Å². The Morgan fingerprint density at radius 2 is 1.92 bits per heavy atom.